The Kier molecular flexibility index (Phi) is 20.3. The topological polar surface area (TPSA) is 309 Å². The van der Waals surface area contributed by atoms with E-state index in [-0.39, 0.29) is 30.4 Å². The molecule has 0 aliphatic carbocycles. The monoisotopic (exact) mass is 667 g/mol. The van der Waals surface area contributed by atoms with E-state index >= 15 is 0 Å². The second kappa shape index (κ2) is 19.9. The van der Waals surface area contributed by atoms with Crippen molar-refractivity contribution in [2.75, 3.05) is 12.8 Å². The highest BCUT2D eigenvalue weighted by Gasteiger charge is 2.41. The number of aromatic amines is 1. The van der Waals surface area contributed by atoms with Crippen LogP contribution in [0.4, 0.5) is 0 Å². The predicted octanol–water partition coefficient (Wildman–Crippen LogP) is 5.14. The van der Waals surface area contributed by atoms with Crippen LogP contribution >= 0.6 is 23.2 Å². The van der Waals surface area contributed by atoms with Crippen molar-refractivity contribution in [3.05, 3.63) is 44.8 Å². The Bertz CT molecular complexity index is 1220. The van der Waals surface area contributed by atoms with Crippen molar-refractivity contribution in [2.45, 2.75) is 90.4 Å². The van der Waals surface area contributed by atoms with E-state index in [1.165, 1.54) is 51.0 Å². The average molecular weight is 668 g/mol. The van der Waals surface area contributed by atoms with Gasteiger partial charge in [-0.1, -0.05) is 70.8 Å². The number of phosphoric acid groups is 2. The van der Waals surface area contributed by atoms with Crippen molar-refractivity contribution in [3.63, 3.8) is 0 Å². The number of ether oxygens (including phenoxy) is 1. The van der Waals surface area contributed by atoms with Crippen LogP contribution in [0.5, 0.6) is 0 Å². The third-order valence-electron chi connectivity index (χ3n) is 5.86. The summed E-state index contributed by atoms with van der Waals surface area (Å²) >= 11 is 0. The van der Waals surface area contributed by atoms with Gasteiger partial charge in [0.15, 0.2) is 6.23 Å². The molecule has 2 heterocycles. The van der Waals surface area contributed by atoms with Crippen LogP contribution in [0.1, 0.15) is 82.9 Å². The summed E-state index contributed by atoms with van der Waals surface area (Å²) in [7, 11) is -15.3. The first-order chi connectivity index (χ1) is 18.2. The minimum atomic E-state index is -5.44. The third-order valence-corrected chi connectivity index (χ3v) is 10.7. The molecule has 1 aliphatic heterocycles. The Morgan fingerprint density at radius 3 is 1.98 bits per heavy atom. The largest absolute Gasteiger partial charge is 0.488 e. The Hall–Kier alpha value is -1.29. The fraction of sp³-hybridized carbons (Fsp3) is 0.727. The van der Waals surface area contributed by atoms with Crippen LogP contribution in [0.2, 0.25) is 0 Å². The van der Waals surface area contributed by atoms with Gasteiger partial charge in [0.05, 0.1) is 12.8 Å². The molecule has 1 aromatic heterocycles. The van der Waals surface area contributed by atoms with Gasteiger partial charge in [0, 0.05) is 11.8 Å². The highest BCUT2D eigenvalue weighted by Crippen LogP contribution is 2.67. The Balaban J connectivity index is 0. The van der Waals surface area contributed by atoms with Gasteiger partial charge in [-0.2, -0.15) is 4.31 Å². The second-order valence-corrected chi connectivity index (χ2v) is 14.5. The molecule has 13 N–H and O–H groups in total. The van der Waals surface area contributed by atoms with Crippen molar-refractivity contribution in [1.29, 1.82) is 0 Å². The van der Waals surface area contributed by atoms with E-state index in [1.807, 2.05) is 0 Å². The Labute approximate surface area is 245 Å². The second-order valence-electron chi connectivity index (χ2n) is 9.37. The van der Waals surface area contributed by atoms with Crippen LogP contribution in [-0.2, 0) is 31.6 Å². The number of aryl methyl sites for hydroxylation is 1. The molecule has 42 heavy (non-hydrogen) atoms. The highest BCUT2D eigenvalue weighted by molar-refractivity contribution is 7.68. The van der Waals surface area contributed by atoms with Gasteiger partial charge in [-0.15, -0.1) is 0 Å². The number of H-pyrrole nitrogens is 1. The fourth-order valence-corrected chi connectivity index (χ4v) is 8.05. The SMILES string of the molecule is CCCCCCCCCCCCP(=O)(O)OP(=O)(O)OP(=O)(O)OC[C@@H]1C=C[C@H](n2cc(C)c(=O)[nH]c2=O)O1.N.N.N. The van der Waals surface area contributed by atoms with Crippen molar-refractivity contribution in [3.8, 4) is 0 Å². The van der Waals surface area contributed by atoms with Gasteiger partial charge in [-0.3, -0.25) is 23.4 Å². The zero-order valence-corrected chi connectivity index (χ0v) is 27.0. The van der Waals surface area contributed by atoms with Gasteiger partial charge in [-0.25, -0.2) is 18.2 Å². The van der Waals surface area contributed by atoms with Crippen LogP contribution in [0.3, 0.4) is 0 Å². The van der Waals surface area contributed by atoms with E-state index in [0.29, 0.717) is 6.42 Å². The number of unbranched alkanes of at least 4 members (excludes halogenated alkanes) is 9. The predicted molar refractivity (Wildman–Crippen MR) is 158 cm³/mol. The van der Waals surface area contributed by atoms with Crippen molar-refractivity contribution in [2.24, 2.45) is 0 Å². The normalized spacial score (nSPS) is 20.3. The van der Waals surface area contributed by atoms with Crippen LogP contribution in [0.15, 0.2) is 27.9 Å². The van der Waals surface area contributed by atoms with E-state index in [4.69, 9.17) is 4.74 Å². The molecule has 0 bridgehead atoms. The molecule has 1 aromatic rings. The summed E-state index contributed by atoms with van der Waals surface area (Å²) in [4.78, 5) is 55.1. The maximum Gasteiger partial charge on any atom is 0.488 e. The van der Waals surface area contributed by atoms with Gasteiger partial charge < -0.3 is 37.9 Å². The number of rotatable bonds is 19. The number of nitrogens with one attached hydrogen (secondary N) is 1. The molecular weight excluding hydrogens is 619 g/mol. The third kappa shape index (κ3) is 16.0. The molecule has 20 heteroatoms. The highest BCUT2D eigenvalue weighted by atomic mass is 31.3. The maximum absolute atomic E-state index is 12.2. The smallest absolute Gasteiger partial charge is 0.344 e. The lowest BCUT2D eigenvalue weighted by Gasteiger charge is -2.20. The summed E-state index contributed by atoms with van der Waals surface area (Å²) in [6.45, 7) is 3.02. The first-order valence-corrected chi connectivity index (χ1v) is 17.7. The molecule has 0 spiro atoms. The average Bonchev–Trinajstić information content (AvgIpc) is 3.29. The lowest BCUT2D eigenvalue weighted by Crippen LogP contribution is -2.33. The van der Waals surface area contributed by atoms with E-state index < -0.39 is 59.6 Å². The summed E-state index contributed by atoms with van der Waals surface area (Å²) < 4.78 is 56.2. The maximum atomic E-state index is 12.2. The van der Waals surface area contributed by atoms with Crippen LogP contribution in [-0.4, -0.2) is 43.1 Å². The van der Waals surface area contributed by atoms with Crippen molar-refractivity contribution in [1.82, 2.24) is 28.0 Å². The number of aromatic nitrogens is 2. The molecule has 0 saturated carbocycles. The number of nitrogens with zero attached hydrogens (tertiary/aromatic N) is 1. The molecule has 5 atom stereocenters. The molecule has 0 aromatic carbocycles. The zero-order chi connectivity index (χ0) is 29.1. The molecule has 0 saturated heterocycles. The number of phosphoric ester groups is 1. The quantitative estimate of drug-likeness (QED) is 0.0570. The molecule has 1 aliphatic rings. The van der Waals surface area contributed by atoms with Gasteiger partial charge in [-0.05, 0) is 19.4 Å². The van der Waals surface area contributed by atoms with Crippen molar-refractivity contribution >= 4 is 23.2 Å². The summed E-state index contributed by atoms with van der Waals surface area (Å²) in [6.07, 6.45) is 11.6. The molecule has 0 fully saturated rings. The van der Waals surface area contributed by atoms with E-state index in [2.05, 4.69) is 25.1 Å². The van der Waals surface area contributed by atoms with Crippen molar-refractivity contribution < 1.29 is 46.3 Å². The minimum Gasteiger partial charge on any atom is -0.344 e. The summed E-state index contributed by atoms with van der Waals surface area (Å²) in [6, 6.07) is 0. The van der Waals surface area contributed by atoms with Gasteiger partial charge in [0.25, 0.3) is 5.56 Å². The van der Waals surface area contributed by atoms with Gasteiger partial charge in [0.2, 0.25) is 0 Å². The Morgan fingerprint density at radius 2 is 1.40 bits per heavy atom. The van der Waals surface area contributed by atoms with Crippen LogP contribution in [0, 0.1) is 6.92 Å². The standard InChI is InChI=1S/C22H39N2O12P3.3H3N/c1-3-4-5-6-7-8-9-10-11-12-15-37(27,28)35-39(31,32)36-38(29,30)33-17-19-13-14-20(34-19)24-16-18(2)21(25)23-22(24)26;;;/h13-14,16,19-20H,3-12,15,17H2,1-2H3,(H,27,28)(H,29,30)(H,31,32)(H,23,25,26);3*1H3/t19-,20+;;;/m0.../s1. The molecule has 17 nitrogen and oxygen atoms in total. The van der Waals surface area contributed by atoms with Gasteiger partial charge >= 0.3 is 28.9 Å². The molecule has 2 rings (SSSR count). The first kappa shape index (κ1) is 42.8. The first-order valence-electron chi connectivity index (χ1n) is 12.9. The fourth-order valence-electron chi connectivity index (χ4n) is 3.85. The summed E-state index contributed by atoms with van der Waals surface area (Å²) in [5.41, 5.74) is -1.03. The molecule has 0 amide bonds. The summed E-state index contributed by atoms with van der Waals surface area (Å²) in [5.74, 6) is 0. The van der Waals surface area contributed by atoms with E-state index in [1.54, 1.807) is 0 Å². The van der Waals surface area contributed by atoms with Gasteiger partial charge in [0.1, 0.15) is 6.10 Å². The molecule has 248 valence electrons. The minimum absolute atomic E-state index is 0. The number of hydrogen-bond donors (Lipinski definition) is 7. The lowest BCUT2D eigenvalue weighted by atomic mass is 10.1. The zero-order valence-electron chi connectivity index (χ0n) is 24.3. The lowest BCUT2D eigenvalue weighted by molar-refractivity contribution is -0.0104. The van der Waals surface area contributed by atoms with Crippen LogP contribution < -0.4 is 29.7 Å². The molecular formula is C22H48N5O12P3. The van der Waals surface area contributed by atoms with E-state index in [0.717, 1.165) is 30.3 Å². The summed E-state index contributed by atoms with van der Waals surface area (Å²) in [5, 5.41) is 0. The molecule has 0 radical (unpaired) electrons. The Morgan fingerprint density at radius 1 is 0.857 bits per heavy atom. The van der Waals surface area contributed by atoms with E-state index in [9.17, 15) is 38.0 Å². The van der Waals surface area contributed by atoms with Crippen LogP contribution in [0.25, 0.3) is 0 Å². The molecule has 3 unspecified atom stereocenters. The number of hydrogen-bond acceptors (Lipinski definition) is 12.